The fourth-order valence-electron chi connectivity index (χ4n) is 3.47. The Morgan fingerprint density at radius 2 is 1.97 bits per heavy atom. The van der Waals surface area contributed by atoms with Crippen molar-refractivity contribution in [2.75, 3.05) is 12.0 Å². The molecule has 0 bridgehead atoms. The molecule has 1 unspecified atom stereocenters. The zero-order valence-electron chi connectivity index (χ0n) is 15.8. The summed E-state index contributed by atoms with van der Waals surface area (Å²) in [4.78, 5) is 18.4. The van der Waals surface area contributed by atoms with Crippen molar-refractivity contribution in [1.82, 2.24) is 4.98 Å². The Morgan fingerprint density at radius 1 is 1.23 bits per heavy atom. The van der Waals surface area contributed by atoms with E-state index in [1.54, 1.807) is 0 Å². The van der Waals surface area contributed by atoms with Gasteiger partial charge in [0.05, 0.1) is 19.3 Å². The maximum Gasteiger partial charge on any atom is 0.449 e. The minimum absolute atomic E-state index is 0.00436. The van der Waals surface area contributed by atoms with E-state index < -0.39 is 41.4 Å². The third-order valence-corrected chi connectivity index (χ3v) is 5.17. The summed E-state index contributed by atoms with van der Waals surface area (Å²) in [7, 11) is 1.31. The summed E-state index contributed by atoms with van der Waals surface area (Å²) in [6.45, 7) is -0.421. The maximum absolute atomic E-state index is 13.4. The van der Waals surface area contributed by atoms with Gasteiger partial charge in [0.1, 0.15) is 17.2 Å². The second-order valence-corrected chi connectivity index (χ2v) is 7.13. The Balaban J connectivity index is 1.84. The molecule has 162 valence electrons. The van der Waals surface area contributed by atoms with Crippen molar-refractivity contribution in [3.05, 3.63) is 70.3 Å². The summed E-state index contributed by atoms with van der Waals surface area (Å²) in [5.41, 5.74) is -2.87. The van der Waals surface area contributed by atoms with Crippen molar-refractivity contribution in [3.63, 3.8) is 0 Å². The first-order valence-corrected chi connectivity index (χ1v) is 9.19. The molecule has 4 rings (SSSR count). The molecule has 0 saturated heterocycles. The van der Waals surface area contributed by atoms with Crippen molar-refractivity contribution in [3.8, 4) is 11.6 Å². The van der Waals surface area contributed by atoms with Gasteiger partial charge in [0, 0.05) is 16.7 Å². The minimum Gasteiger partial charge on any atom is -0.506 e. The fourth-order valence-corrected chi connectivity index (χ4v) is 3.78. The van der Waals surface area contributed by atoms with Gasteiger partial charge in [-0.25, -0.2) is 4.98 Å². The zero-order valence-corrected chi connectivity index (χ0v) is 16.5. The van der Waals surface area contributed by atoms with E-state index in [4.69, 9.17) is 20.8 Å². The van der Waals surface area contributed by atoms with Gasteiger partial charge in [0.25, 0.3) is 5.91 Å². The van der Waals surface area contributed by atoms with E-state index >= 15 is 0 Å². The molecule has 3 aromatic rings. The first-order valence-electron chi connectivity index (χ1n) is 8.81. The third-order valence-electron chi connectivity index (χ3n) is 4.85. The van der Waals surface area contributed by atoms with Gasteiger partial charge in [-0.15, -0.1) is 0 Å². The highest BCUT2D eigenvalue weighted by molar-refractivity contribution is 6.33. The predicted octanol–water partition coefficient (Wildman–Crippen LogP) is 3.84. The molecule has 1 amide bonds. The molecule has 11 heteroatoms. The lowest BCUT2D eigenvalue weighted by Crippen LogP contribution is -2.41. The number of halogens is 4. The molecule has 2 N–H and O–H groups in total. The van der Waals surface area contributed by atoms with E-state index in [2.05, 4.69) is 4.98 Å². The van der Waals surface area contributed by atoms with E-state index in [0.29, 0.717) is 0 Å². The van der Waals surface area contributed by atoms with Gasteiger partial charge in [0.2, 0.25) is 17.2 Å². The molecule has 31 heavy (non-hydrogen) atoms. The number of fused-ring (bicyclic) bond motifs is 1. The number of alkyl halides is 3. The number of carbonyl (C=O) groups is 1. The fraction of sp³-hybridized carbons (Fsp3) is 0.200. The van der Waals surface area contributed by atoms with Gasteiger partial charge in [0.15, 0.2) is 0 Å². The number of aliphatic hydroxyl groups is 1. The molecule has 1 aromatic carbocycles. The van der Waals surface area contributed by atoms with E-state index in [1.807, 2.05) is 0 Å². The van der Waals surface area contributed by atoms with Crippen LogP contribution in [0.25, 0.3) is 0 Å². The number of anilines is 1. The Labute approximate surface area is 178 Å². The third kappa shape index (κ3) is 3.28. The SMILES string of the molecule is COc1ccc(O)c(C2(O)C(=O)N(Cc3ccc(C(F)(F)F)o3)c3cccc(Cl)c32)n1. The standard InChI is InChI=1S/C20H14ClF3N2O5/c1-30-15-8-6-13(27)17(25-15)19(29)16-11(21)3-2-4-12(16)26(18(19)28)9-10-5-7-14(31-10)20(22,23)24/h2-8,27,29H,9H2,1H3. The molecule has 1 atom stereocenters. The van der Waals surface area contributed by atoms with Crippen LogP contribution in [-0.4, -0.2) is 28.2 Å². The Kier molecular flexibility index (Phi) is 4.86. The van der Waals surface area contributed by atoms with Crippen LogP contribution in [0.2, 0.25) is 5.02 Å². The summed E-state index contributed by atoms with van der Waals surface area (Å²) < 4.78 is 48.4. The summed E-state index contributed by atoms with van der Waals surface area (Å²) >= 11 is 6.28. The molecule has 0 aliphatic carbocycles. The van der Waals surface area contributed by atoms with Gasteiger partial charge in [-0.1, -0.05) is 17.7 Å². The van der Waals surface area contributed by atoms with Crippen LogP contribution in [0.15, 0.2) is 46.9 Å². The van der Waals surface area contributed by atoms with Crippen LogP contribution in [0.4, 0.5) is 18.9 Å². The van der Waals surface area contributed by atoms with Crippen molar-refractivity contribution < 1.29 is 37.3 Å². The lowest BCUT2D eigenvalue weighted by atomic mass is 9.90. The van der Waals surface area contributed by atoms with Crippen LogP contribution in [0, 0.1) is 0 Å². The zero-order chi connectivity index (χ0) is 22.6. The smallest absolute Gasteiger partial charge is 0.449 e. The van der Waals surface area contributed by atoms with Gasteiger partial charge >= 0.3 is 6.18 Å². The lowest BCUT2D eigenvalue weighted by Gasteiger charge is -2.23. The number of benzene rings is 1. The summed E-state index contributed by atoms with van der Waals surface area (Å²) in [6.07, 6.45) is -4.69. The number of amides is 1. The van der Waals surface area contributed by atoms with Crippen LogP contribution in [0.5, 0.6) is 11.6 Å². The molecule has 0 fully saturated rings. The average molecular weight is 455 g/mol. The number of hydrogen-bond donors (Lipinski definition) is 2. The van der Waals surface area contributed by atoms with Crippen LogP contribution < -0.4 is 9.64 Å². The number of nitrogens with zero attached hydrogens (tertiary/aromatic N) is 2. The van der Waals surface area contributed by atoms with Crippen molar-refractivity contribution in [2.24, 2.45) is 0 Å². The molecule has 0 spiro atoms. The van der Waals surface area contributed by atoms with E-state index in [0.717, 1.165) is 17.0 Å². The number of aromatic nitrogens is 1. The second-order valence-electron chi connectivity index (χ2n) is 6.72. The Hall–Kier alpha value is -3.24. The van der Waals surface area contributed by atoms with E-state index in [1.165, 1.54) is 37.4 Å². The molecule has 1 aliphatic rings. The molecule has 7 nitrogen and oxygen atoms in total. The number of rotatable bonds is 4. The number of carbonyl (C=O) groups excluding carboxylic acids is 1. The van der Waals surface area contributed by atoms with Gasteiger partial charge in [-0.3, -0.25) is 4.79 Å². The molecule has 2 aromatic heterocycles. The van der Waals surface area contributed by atoms with Crippen molar-refractivity contribution in [2.45, 2.75) is 18.3 Å². The molecular weight excluding hydrogens is 441 g/mol. The van der Waals surface area contributed by atoms with Crippen LogP contribution in [-0.2, 0) is 23.1 Å². The highest BCUT2D eigenvalue weighted by Crippen LogP contribution is 2.50. The van der Waals surface area contributed by atoms with Crippen molar-refractivity contribution >= 4 is 23.2 Å². The van der Waals surface area contributed by atoms with Gasteiger partial charge < -0.3 is 24.3 Å². The van der Waals surface area contributed by atoms with Crippen molar-refractivity contribution in [1.29, 1.82) is 0 Å². The monoisotopic (exact) mass is 454 g/mol. The predicted molar refractivity (Wildman–Crippen MR) is 102 cm³/mol. The topological polar surface area (TPSA) is 96.0 Å². The molecule has 0 saturated carbocycles. The number of hydrogen-bond acceptors (Lipinski definition) is 6. The van der Waals surface area contributed by atoms with Gasteiger partial charge in [-0.05, 0) is 30.3 Å². The van der Waals surface area contributed by atoms with E-state index in [9.17, 15) is 28.2 Å². The molecule has 3 heterocycles. The second kappa shape index (κ2) is 7.17. The highest BCUT2D eigenvalue weighted by Gasteiger charge is 2.55. The maximum atomic E-state index is 13.4. The number of methoxy groups -OCH3 is 1. The van der Waals surface area contributed by atoms with Gasteiger partial charge in [-0.2, -0.15) is 13.2 Å². The number of pyridine rings is 1. The largest absolute Gasteiger partial charge is 0.506 e. The van der Waals surface area contributed by atoms with Crippen LogP contribution in [0.3, 0.4) is 0 Å². The number of aromatic hydroxyl groups is 1. The van der Waals surface area contributed by atoms with E-state index in [-0.39, 0.29) is 27.9 Å². The first-order chi connectivity index (χ1) is 14.6. The summed E-state index contributed by atoms with van der Waals surface area (Å²) in [5, 5.41) is 21.8. The highest BCUT2D eigenvalue weighted by atomic mass is 35.5. The molecule has 1 aliphatic heterocycles. The quantitative estimate of drug-likeness (QED) is 0.622. The number of ether oxygens (including phenoxy) is 1. The Bertz CT molecular complexity index is 1180. The summed E-state index contributed by atoms with van der Waals surface area (Å²) in [6, 6.07) is 8.74. The lowest BCUT2D eigenvalue weighted by molar-refractivity contribution is -0.153. The minimum atomic E-state index is -4.69. The molecular formula is C20H14ClF3N2O5. The summed E-state index contributed by atoms with van der Waals surface area (Å²) in [5.74, 6) is -2.85. The first kappa shape index (κ1) is 21.0. The van der Waals surface area contributed by atoms with Crippen LogP contribution >= 0.6 is 11.6 Å². The Morgan fingerprint density at radius 3 is 2.61 bits per heavy atom. The molecule has 0 radical (unpaired) electrons. The van der Waals surface area contributed by atoms with Crippen LogP contribution in [0.1, 0.15) is 22.8 Å². The average Bonchev–Trinajstić information content (AvgIpc) is 3.27. The normalized spacial score (nSPS) is 18.4. The number of furan rings is 1.